The predicted octanol–water partition coefficient (Wildman–Crippen LogP) is 3.91. The molecule has 3 nitrogen and oxygen atoms in total. The van der Waals surface area contributed by atoms with E-state index in [2.05, 4.69) is 19.6 Å². The van der Waals surface area contributed by atoms with Gasteiger partial charge in [0, 0.05) is 12.5 Å². The van der Waals surface area contributed by atoms with Gasteiger partial charge in [0.15, 0.2) is 14.1 Å². The third kappa shape index (κ3) is 6.92. The van der Waals surface area contributed by atoms with Crippen LogP contribution in [0.15, 0.2) is 12.3 Å². The highest BCUT2D eigenvalue weighted by atomic mass is 28.4. The molecule has 0 aromatic heterocycles. The zero-order valence-electron chi connectivity index (χ0n) is 12.8. The van der Waals surface area contributed by atoms with Crippen LogP contribution in [0.1, 0.15) is 38.5 Å². The molecule has 0 bridgehead atoms. The molecule has 19 heavy (non-hydrogen) atoms. The maximum absolute atomic E-state index is 11.9. The Hall–Kier alpha value is -0.613. The van der Waals surface area contributed by atoms with Crippen molar-refractivity contribution in [1.82, 2.24) is 0 Å². The second-order valence-electron chi connectivity index (χ2n) is 6.38. The lowest BCUT2D eigenvalue weighted by Gasteiger charge is -2.34. The van der Waals surface area contributed by atoms with Crippen molar-refractivity contribution in [3.05, 3.63) is 12.3 Å². The van der Waals surface area contributed by atoms with Gasteiger partial charge in [-0.25, -0.2) is 0 Å². The van der Waals surface area contributed by atoms with E-state index in [-0.39, 0.29) is 11.9 Å². The predicted molar refractivity (Wildman–Crippen MR) is 80.6 cm³/mol. The van der Waals surface area contributed by atoms with Crippen LogP contribution in [0.25, 0.3) is 0 Å². The molecule has 0 saturated heterocycles. The molecule has 0 aromatic carbocycles. The van der Waals surface area contributed by atoms with Gasteiger partial charge in [0.2, 0.25) is 0 Å². The highest BCUT2D eigenvalue weighted by Gasteiger charge is 2.30. The van der Waals surface area contributed by atoms with E-state index >= 15 is 0 Å². The molecule has 4 heteroatoms. The summed E-state index contributed by atoms with van der Waals surface area (Å²) in [7, 11) is -0.0534. The van der Waals surface area contributed by atoms with Crippen molar-refractivity contribution in [1.29, 1.82) is 0 Å². The van der Waals surface area contributed by atoms with Crippen LogP contribution in [0, 0.1) is 5.92 Å². The van der Waals surface area contributed by atoms with Crippen molar-refractivity contribution in [3.63, 3.8) is 0 Å². The summed E-state index contributed by atoms with van der Waals surface area (Å²) in [6, 6.07) is 0. The minimum atomic E-state index is -1.61. The molecule has 0 radical (unpaired) electrons. The van der Waals surface area contributed by atoms with E-state index in [0.29, 0.717) is 12.3 Å². The van der Waals surface area contributed by atoms with Gasteiger partial charge in [-0.3, -0.25) is 4.79 Å². The van der Waals surface area contributed by atoms with Gasteiger partial charge in [0.1, 0.15) is 0 Å². The number of methoxy groups -OCH3 is 1. The lowest BCUT2D eigenvalue weighted by molar-refractivity contribution is -0.117. The standard InChI is InChI=1S/C15H28O3Si/c1-17-11-10-14(16)12-15(18-19(2,3)4)13-8-6-5-7-9-13/h10-11,13,15H,5-9,12H2,1-4H3/b11-10+/t15-/m0/s1. The third-order valence-electron chi connectivity index (χ3n) is 3.47. The number of allylic oxidation sites excluding steroid dienone is 1. The van der Waals surface area contributed by atoms with Crippen molar-refractivity contribution in [2.45, 2.75) is 64.3 Å². The molecule has 0 amide bonds. The Morgan fingerprint density at radius 1 is 1.26 bits per heavy atom. The quantitative estimate of drug-likeness (QED) is 0.404. The Balaban J connectivity index is 2.62. The van der Waals surface area contributed by atoms with Gasteiger partial charge in [-0.1, -0.05) is 19.3 Å². The number of ketones is 1. The molecule has 1 atom stereocenters. The molecule has 1 fully saturated rings. The number of hydrogen-bond acceptors (Lipinski definition) is 3. The number of hydrogen-bond donors (Lipinski definition) is 0. The molecular formula is C15H28O3Si. The Morgan fingerprint density at radius 3 is 2.42 bits per heavy atom. The average Bonchev–Trinajstić information content (AvgIpc) is 2.35. The maximum atomic E-state index is 11.9. The first kappa shape index (κ1) is 16.4. The second kappa shape index (κ2) is 7.85. The van der Waals surface area contributed by atoms with Crippen LogP contribution in [0.2, 0.25) is 19.6 Å². The number of ether oxygens (including phenoxy) is 1. The zero-order valence-corrected chi connectivity index (χ0v) is 13.8. The molecule has 0 unspecified atom stereocenters. The molecule has 110 valence electrons. The lowest BCUT2D eigenvalue weighted by Crippen LogP contribution is -2.38. The fourth-order valence-electron chi connectivity index (χ4n) is 2.67. The molecule has 1 aliphatic carbocycles. The number of carbonyl (C=O) groups is 1. The molecule has 0 spiro atoms. The van der Waals surface area contributed by atoms with Gasteiger partial charge < -0.3 is 9.16 Å². The largest absolute Gasteiger partial charge is 0.504 e. The Labute approximate surface area is 118 Å². The van der Waals surface area contributed by atoms with Gasteiger partial charge in [-0.2, -0.15) is 0 Å². The smallest absolute Gasteiger partial charge is 0.184 e. The summed E-state index contributed by atoms with van der Waals surface area (Å²) in [4.78, 5) is 11.9. The van der Waals surface area contributed by atoms with E-state index in [1.54, 1.807) is 7.11 Å². The molecule has 0 aliphatic heterocycles. The number of carbonyl (C=O) groups excluding carboxylic acids is 1. The fraction of sp³-hybridized carbons (Fsp3) is 0.800. The molecule has 0 N–H and O–H groups in total. The molecule has 0 aromatic rings. The highest BCUT2D eigenvalue weighted by Crippen LogP contribution is 2.31. The normalized spacial score (nSPS) is 19.6. The molecular weight excluding hydrogens is 256 g/mol. The molecule has 0 heterocycles. The van der Waals surface area contributed by atoms with E-state index < -0.39 is 8.32 Å². The fourth-order valence-corrected chi connectivity index (χ4v) is 3.86. The first-order valence-corrected chi connectivity index (χ1v) is 10.7. The lowest BCUT2D eigenvalue weighted by atomic mass is 9.83. The van der Waals surface area contributed by atoms with Crippen LogP contribution >= 0.6 is 0 Å². The highest BCUT2D eigenvalue weighted by molar-refractivity contribution is 6.69. The summed E-state index contributed by atoms with van der Waals surface area (Å²) in [5.74, 6) is 0.663. The van der Waals surface area contributed by atoms with Gasteiger partial charge in [-0.05, 0) is 38.4 Å². The van der Waals surface area contributed by atoms with Crippen LogP contribution in [-0.4, -0.2) is 27.3 Å². The van der Waals surface area contributed by atoms with Gasteiger partial charge in [0.05, 0.1) is 19.5 Å². The molecule has 1 rings (SSSR count). The summed E-state index contributed by atoms with van der Waals surface area (Å²) < 4.78 is 11.1. The topological polar surface area (TPSA) is 35.5 Å². The van der Waals surface area contributed by atoms with Crippen molar-refractivity contribution >= 4 is 14.1 Å². The third-order valence-corrected chi connectivity index (χ3v) is 4.48. The Kier molecular flexibility index (Phi) is 6.79. The first-order chi connectivity index (χ1) is 8.92. The van der Waals surface area contributed by atoms with Crippen molar-refractivity contribution in [3.8, 4) is 0 Å². The Bertz CT molecular complexity index is 301. The summed E-state index contributed by atoms with van der Waals surface area (Å²) >= 11 is 0. The van der Waals surface area contributed by atoms with E-state index in [1.807, 2.05) is 0 Å². The van der Waals surface area contributed by atoms with Crippen LogP contribution in [0.4, 0.5) is 0 Å². The van der Waals surface area contributed by atoms with E-state index in [9.17, 15) is 4.79 Å². The monoisotopic (exact) mass is 284 g/mol. The summed E-state index contributed by atoms with van der Waals surface area (Å²) in [5.41, 5.74) is 0. The van der Waals surface area contributed by atoms with E-state index in [4.69, 9.17) is 9.16 Å². The second-order valence-corrected chi connectivity index (χ2v) is 10.8. The van der Waals surface area contributed by atoms with Gasteiger partial charge in [0.25, 0.3) is 0 Å². The minimum absolute atomic E-state index is 0.0981. The first-order valence-electron chi connectivity index (χ1n) is 7.32. The summed E-state index contributed by atoms with van der Waals surface area (Å²) in [5, 5.41) is 0. The average molecular weight is 284 g/mol. The number of rotatable bonds is 7. The van der Waals surface area contributed by atoms with Gasteiger partial charge in [-0.15, -0.1) is 0 Å². The minimum Gasteiger partial charge on any atom is -0.504 e. The van der Waals surface area contributed by atoms with Crippen LogP contribution in [0.3, 0.4) is 0 Å². The van der Waals surface area contributed by atoms with Gasteiger partial charge >= 0.3 is 0 Å². The maximum Gasteiger partial charge on any atom is 0.184 e. The van der Waals surface area contributed by atoms with Crippen LogP contribution in [0.5, 0.6) is 0 Å². The van der Waals surface area contributed by atoms with E-state index in [0.717, 1.165) is 0 Å². The van der Waals surface area contributed by atoms with E-state index in [1.165, 1.54) is 44.4 Å². The van der Waals surface area contributed by atoms with Crippen molar-refractivity contribution < 1.29 is 14.0 Å². The summed E-state index contributed by atoms with van der Waals surface area (Å²) in [6.45, 7) is 6.58. The van der Waals surface area contributed by atoms with Crippen molar-refractivity contribution in [2.24, 2.45) is 5.92 Å². The van der Waals surface area contributed by atoms with Crippen molar-refractivity contribution in [2.75, 3.05) is 7.11 Å². The van der Waals surface area contributed by atoms with Crippen LogP contribution in [-0.2, 0) is 14.0 Å². The van der Waals surface area contributed by atoms with Crippen LogP contribution < -0.4 is 0 Å². The Morgan fingerprint density at radius 2 is 1.89 bits per heavy atom. The molecule has 1 aliphatic rings. The molecule has 1 saturated carbocycles. The SMILES string of the molecule is CO/C=C/C(=O)C[C@H](O[Si](C)(C)C)C1CCCCC1. The summed E-state index contributed by atoms with van der Waals surface area (Å²) in [6.07, 6.45) is 9.85. The zero-order chi connectivity index (χ0) is 14.3.